The maximum absolute atomic E-state index is 12.2. The number of carbonyl (C=O) groups is 6. The Morgan fingerprint density at radius 2 is 0.679 bits per heavy atom. The molecular weight excluding hydrogens is 2150 g/mol. The number of nitro benzene ring substituents is 4. The molecule has 0 aliphatic carbocycles. The molecule has 730 valence electrons. The molecule has 11 rings (SSSR count). The van der Waals surface area contributed by atoms with E-state index in [-0.39, 0.29) is 131 Å². The normalized spacial score (nSPS) is 10.8. The largest absolute Gasteiger partial charge is 0.468 e. The van der Waals surface area contributed by atoms with E-state index in [1.165, 1.54) is 69.5 Å². The van der Waals surface area contributed by atoms with Gasteiger partial charge in [0.05, 0.1) is 107 Å². The Labute approximate surface area is 859 Å². The molecule has 35 nitrogen and oxygen atoms in total. The van der Waals surface area contributed by atoms with Crippen LogP contribution in [0.5, 0.6) is 0 Å². The van der Waals surface area contributed by atoms with Crippen LogP contribution in [0.3, 0.4) is 0 Å². The lowest BCUT2D eigenvalue weighted by Crippen LogP contribution is -2.30. The first-order valence-corrected chi connectivity index (χ1v) is 46.4. The predicted molar refractivity (Wildman–Crippen MR) is 556 cm³/mol. The number of likely N-dealkylation sites (N-methyl/N-ethyl adjacent to an activating group) is 1. The molecule has 0 aliphatic rings. The standard InChI is InChI=1S/C26H24BrClN4O4.C26H24Cl2N4O4.C25H22Br2N4O5.C19H19BrClN5O5.CH4/c2*1-18(2)17-36-25(33)12-13-31(16-19-6-4-3-5-7-19)21-10-8-20(9-11-21)29-30-26-23(27)14-22(32(34)35)15-24(26)28;1-17(32)16-36-24(33)11-12-30(15-18-5-3-2-4-6-18)20-9-7-19(8-10-20)28-29-25-22(26)13-21(31(34)35)14-23(25)27;1-4-25(10-18(28)31-3)12-5-6-16(17(9-12)22-11(2)27)23-24-19-14(20)7-13(26(29)30)8-15(19)21;/h2*3-11,14-15H,1,12-13,16-17H2,2H3;2-10,13-14H,11-12,15-16H2,1H3;5-9H,4,10H2,1-3H3,(H,22,27);1H4. The molecule has 1 N–H and O–H groups in total. The van der Waals surface area contributed by atoms with Crippen LogP contribution in [0.25, 0.3) is 0 Å². The van der Waals surface area contributed by atoms with Gasteiger partial charge in [0, 0.05) is 124 Å². The van der Waals surface area contributed by atoms with Gasteiger partial charge < -0.3 is 43.9 Å². The highest BCUT2D eigenvalue weighted by Gasteiger charge is 2.23. The number of azo groups is 4. The van der Waals surface area contributed by atoms with Crippen LogP contribution in [-0.4, -0.2) is 115 Å². The van der Waals surface area contributed by atoms with E-state index >= 15 is 0 Å². The fourth-order valence-corrected chi connectivity index (χ4v) is 15.8. The van der Waals surface area contributed by atoms with Crippen LogP contribution in [0.15, 0.2) is 314 Å². The van der Waals surface area contributed by atoms with E-state index in [2.05, 4.69) is 133 Å². The monoisotopic (exact) mass is 2240 g/mol. The first kappa shape index (κ1) is 113. The van der Waals surface area contributed by atoms with Gasteiger partial charge in [0.2, 0.25) is 5.91 Å². The molecule has 0 unspecified atom stereocenters. The molecule has 140 heavy (non-hydrogen) atoms. The van der Waals surface area contributed by atoms with E-state index in [1.807, 2.05) is 146 Å². The van der Waals surface area contributed by atoms with Gasteiger partial charge in [-0.15, -0.1) is 25.6 Å². The molecule has 11 aromatic carbocycles. The first-order chi connectivity index (χ1) is 66.3. The number of carbonyl (C=O) groups excluding carboxylic acids is 6. The van der Waals surface area contributed by atoms with E-state index in [0.29, 0.717) is 109 Å². The summed E-state index contributed by atoms with van der Waals surface area (Å²) < 4.78 is 21.7. The van der Waals surface area contributed by atoms with Crippen molar-refractivity contribution >= 4 is 242 Å². The molecular formula is C97H93Br4Cl4N17O18. The highest BCUT2D eigenvalue weighted by Crippen LogP contribution is 2.44. The Hall–Kier alpha value is -13.8. The number of methoxy groups -OCH3 is 1. The lowest BCUT2D eigenvalue weighted by atomic mass is 10.2. The number of hydrogen-bond donors (Lipinski definition) is 1. The zero-order chi connectivity index (χ0) is 101. The molecule has 1 amide bonds. The molecule has 0 radical (unpaired) electrons. The van der Waals surface area contributed by atoms with E-state index in [9.17, 15) is 69.2 Å². The molecule has 0 saturated heterocycles. The minimum absolute atomic E-state index is 0. The lowest BCUT2D eigenvalue weighted by molar-refractivity contribution is -0.385. The third kappa shape index (κ3) is 37.8. The van der Waals surface area contributed by atoms with Crippen molar-refractivity contribution in [3.05, 3.63) is 350 Å². The third-order valence-corrected chi connectivity index (χ3v) is 22.5. The van der Waals surface area contributed by atoms with E-state index < -0.39 is 31.6 Å². The molecule has 0 aromatic heterocycles. The summed E-state index contributed by atoms with van der Waals surface area (Å²) in [7, 11) is 1.31. The lowest BCUT2D eigenvalue weighted by Gasteiger charge is -2.25. The van der Waals surface area contributed by atoms with Crippen molar-refractivity contribution in [2.45, 2.75) is 80.9 Å². The maximum Gasteiger partial charge on any atom is 0.325 e. The van der Waals surface area contributed by atoms with Gasteiger partial charge in [0.25, 0.3) is 22.7 Å². The number of anilines is 5. The van der Waals surface area contributed by atoms with Gasteiger partial charge >= 0.3 is 23.9 Å². The summed E-state index contributed by atoms with van der Waals surface area (Å²) in [5.41, 5.74) is 11.0. The topological polar surface area (TPSA) is 436 Å². The van der Waals surface area contributed by atoms with Crippen molar-refractivity contribution in [3.63, 3.8) is 0 Å². The van der Waals surface area contributed by atoms with E-state index in [4.69, 9.17) is 65.4 Å². The SMILES string of the molecule is C.C=C(C)COC(=O)CCN(Cc1ccccc1)c1ccc(N=Nc2c(Cl)cc([N+](=O)[O-])cc2Br)cc1.C=C(C)COC(=O)CCN(Cc1ccccc1)c1ccc(N=Nc2c(Cl)cc([N+](=O)[O-])cc2Cl)cc1.CC(=O)COC(=O)CCN(Cc1ccccc1)c1ccc(N=Nc2c(Br)cc([N+](=O)[O-])cc2Br)cc1.CCN(CC(=O)OC)c1ccc(N=Nc2c(Cl)cc([N+](=O)[O-])cc2Br)c(NC(C)=O)c1. The van der Waals surface area contributed by atoms with Gasteiger partial charge in [-0.1, -0.05) is 158 Å². The highest BCUT2D eigenvalue weighted by molar-refractivity contribution is 9.11. The van der Waals surface area contributed by atoms with E-state index in [0.717, 1.165) is 44.9 Å². The number of ether oxygens (including phenoxy) is 4. The van der Waals surface area contributed by atoms with Gasteiger partial charge in [-0.05, 0) is 210 Å². The van der Waals surface area contributed by atoms with Gasteiger partial charge in [0.15, 0.2) is 5.78 Å². The smallest absolute Gasteiger partial charge is 0.325 e. The van der Waals surface area contributed by atoms with Crippen molar-refractivity contribution in [2.75, 3.05) is 84.6 Å². The number of rotatable bonds is 41. The number of halogens is 8. The molecule has 0 aliphatic heterocycles. The molecule has 0 bridgehead atoms. The molecule has 0 atom stereocenters. The van der Waals surface area contributed by atoms with E-state index in [1.54, 1.807) is 66.4 Å². The number of ketones is 1. The number of nitro groups is 4. The van der Waals surface area contributed by atoms with Gasteiger partial charge in [-0.3, -0.25) is 69.2 Å². The van der Waals surface area contributed by atoms with Crippen molar-refractivity contribution in [1.82, 2.24) is 0 Å². The second-order valence-electron chi connectivity index (χ2n) is 30.0. The second-order valence-corrected chi connectivity index (χ2v) is 35.0. The fourth-order valence-electron chi connectivity index (χ4n) is 12.1. The Morgan fingerprint density at radius 3 is 0.993 bits per heavy atom. The van der Waals surface area contributed by atoms with Crippen molar-refractivity contribution < 1.29 is 67.4 Å². The zero-order valence-electron chi connectivity index (χ0n) is 75.3. The Bertz CT molecular complexity index is 5800. The van der Waals surface area contributed by atoms with Crippen LogP contribution in [-0.2, 0) is 67.3 Å². The number of non-ortho nitro benzene ring substituents is 4. The van der Waals surface area contributed by atoms with Crippen molar-refractivity contribution in [1.29, 1.82) is 0 Å². The summed E-state index contributed by atoms with van der Waals surface area (Å²) in [5, 5.41) is 80.0. The Kier molecular flexibility index (Phi) is 46.5. The van der Waals surface area contributed by atoms with Crippen LogP contribution >= 0.6 is 110 Å². The van der Waals surface area contributed by atoms with Crippen LogP contribution in [0.2, 0.25) is 20.1 Å². The average Bonchev–Trinajstić information content (AvgIpc) is 0.841. The number of nitrogens with zero attached hydrogens (tertiary/aromatic N) is 16. The molecule has 0 fully saturated rings. The van der Waals surface area contributed by atoms with Gasteiger partial charge in [0.1, 0.15) is 54.8 Å². The number of esters is 4. The van der Waals surface area contributed by atoms with Crippen molar-refractivity contribution in [3.8, 4) is 0 Å². The molecule has 0 heterocycles. The van der Waals surface area contributed by atoms with Crippen LogP contribution in [0, 0.1) is 40.5 Å². The van der Waals surface area contributed by atoms with Gasteiger partial charge in [-0.25, -0.2) is 0 Å². The fraction of sp³-hybridized carbons (Fsp3) is 0.216. The van der Waals surface area contributed by atoms with Crippen LogP contribution in [0.1, 0.15) is 78.0 Å². The minimum atomic E-state index is -0.585. The summed E-state index contributed by atoms with van der Waals surface area (Å²) >= 11 is 37.5. The molecule has 11 aromatic rings. The summed E-state index contributed by atoms with van der Waals surface area (Å²) in [4.78, 5) is 120. The third-order valence-electron chi connectivity index (χ3n) is 18.9. The Balaban J connectivity index is 0.000000254. The summed E-state index contributed by atoms with van der Waals surface area (Å²) in [6, 6.07) is 66.8. The zero-order valence-corrected chi connectivity index (χ0v) is 84.6. The second kappa shape index (κ2) is 57.5. The van der Waals surface area contributed by atoms with Crippen LogP contribution < -0.4 is 24.9 Å². The number of hydrogen-bond acceptors (Lipinski definition) is 30. The predicted octanol–water partition coefficient (Wildman–Crippen LogP) is 28.9. The summed E-state index contributed by atoms with van der Waals surface area (Å²) in [6.07, 6.45) is 0.580. The first-order valence-electron chi connectivity index (χ1n) is 41.7. The highest BCUT2D eigenvalue weighted by atomic mass is 79.9. The maximum atomic E-state index is 12.2. The van der Waals surface area contributed by atoms with Crippen molar-refractivity contribution in [2.24, 2.45) is 40.9 Å². The van der Waals surface area contributed by atoms with Crippen LogP contribution in [0.4, 0.5) is 96.7 Å². The number of nitrogens with one attached hydrogen (secondary N) is 1. The molecule has 0 spiro atoms. The summed E-state index contributed by atoms with van der Waals surface area (Å²) in [5.74, 6) is -1.94. The minimum Gasteiger partial charge on any atom is -0.468 e. The number of amides is 1. The number of benzene rings is 11. The molecule has 0 saturated carbocycles. The molecule has 43 heteroatoms. The quantitative estimate of drug-likeness (QED) is 0.00928. The number of Topliss-reactive ketones (excluding diaryl/α,β-unsaturated/α-hetero) is 1. The average molecular weight is 2250 g/mol. The summed E-state index contributed by atoms with van der Waals surface area (Å²) in [6.45, 7) is 19.6. The Morgan fingerprint density at radius 1 is 0.379 bits per heavy atom. The van der Waals surface area contributed by atoms with Gasteiger partial charge in [-0.2, -0.15) is 15.3 Å².